The number of carbonyl (C=O) groups excluding carboxylic acids is 1. The highest BCUT2D eigenvalue weighted by atomic mass is 16.2. The summed E-state index contributed by atoms with van der Waals surface area (Å²) in [5, 5.41) is 8.70. The lowest BCUT2D eigenvalue weighted by Gasteiger charge is -2.19. The zero-order valence-corrected chi connectivity index (χ0v) is 14.6. The van der Waals surface area contributed by atoms with Crippen molar-refractivity contribution in [2.75, 3.05) is 6.61 Å². The third-order valence-electron chi connectivity index (χ3n) is 4.88. The van der Waals surface area contributed by atoms with Gasteiger partial charge in [0, 0.05) is 19.4 Å². The van der Waals surface area contributed by atoms with E-state index in [4.69, 9.17) is 5.11 Å². The second-order valence-corrected chi connectivity index (χ2v) is 6.99. The molecule has 0 spiro atoms. The summed E-state index contributed by atoms with van der Waals surface area (Å²) in [5.41, 5.74) is 1.53. The molecule has 1 unspecified atom stereocenters. The smallest absolute Gasteiger partial charge is 0.137 e. The molecule has 2 nitrogen and oxygen atoms in total. The molecule has 1 atom stereocenters. The lowest BCUT2D eigenvalue weighted by atomic mass is 9.85. The zero-order chi connectivity index (χ0) is 16.0. The average Bonchev–Trinajstić information content (AvgIpc) is 2.50. The SMILES string of the molecule is CC1CC(=O)CC=C1CCCCCCCCCCCCCO. The third kappa shape index (κ3) is 9.40. The van der Waals surface area contributed by atoms with Crippen LogP contribution in [0.25, 0.3) is 0 Å². The van der Waals surface area contributed by atoms with Crippen LogP contribution in [0.2, 0.25) is 0 Å². The average molecular weight is 309 g/mol. The minimum Gasteiger partial charge on any atom is -0.396 e. The number of aliphatic hydroxyl groups is 1. The highest BCUT2D eigenvalue weighted by Gasteiger charge is 2.17. The Kier molecular flexibility index (Phi) is 11.4. The predicted octanol–water partition coefficient (Wildman–Crippen LogP) is 5.59. The second kappa shape index (κ2) is 12.9. The first-order chi connectivity index (χ1) is 10.7. The van der Waals surface area contributed by atoms with Crippen LogP contribution in [0, 0.1) is 5.92 Å². The van der Waals surface area contributed by atoms with Crippen molar-refractivity contribution in [3.8, 4) is 0 Å². The van der Waals surface area contributed by atoms with E-state index in [1.165, 1.54) is 76.2 Å². The van der Waals surface area contributed by atoms with Gasteiger partial charge >= 0.3 is 0 Å². The van der Waals surface area contributed by atoms with Gasteiger partial charge < -0.3 is 5.11 Å². The molecule has 1 aliphatic carbocycles. The molecule has 0 saturated carbocycles. The molecule has 0 aromatic heterocycles. The molecule has 2 heteroatoms. The van der Waals surface area contributed by atoms with E-state index in [2.05, 4.69) is 13.0 Å². The molecule has 0 aromatic rings. The van der Waals surface area contributed by atoms with Gasteiger partial charge in [0.05, 0.1) is 0 Å². The molecule has 22 heavy (non-hydrogen) atoms. The molecular formula is C20H36O2. The van der Waals surface area contributed by atoms with Crippen LogP contribution in [0.3, 0.4) is 0 Å². The maximum absolute atomic E-state index is 11.3. The van der Waals surface area contributed by atoms with Crippen LogP contribution in [-0.2, 0) is 4.79 Å². The third-order valence-corrected chi connectivity index (χ3v) is 4.88. The fraction of sp³-hybridized carbons (Fsp3) is 0.850. The Morgan fingerprint density at radius 3 is 1.91 bits per heavy atom. The molecule has 1 rings (SSSR count). The zero-order valence-electron chi connectivity index (χ0n) is 14.6. The lowest BCUT2D eigenvalue weighted by Crippen LogP contribution is -2.12. The van der Waals surface area contributed by atoms with Crippen molar-refractivity contribution >= 4 is 5.78 Å². The van der Waals surface area contributed by atoms with Crippen LogP contribution >= 0.6 is 0 Å². The number of ketones is 1. The monoisotopic (exact) mass is 308 g/mol. The van der Waals surface area contributed by atoms with E-state index in [-0.39, 0.29) is 0 Å². The van der Waals surface area contributed by atoms with Crippen LogP contribution in [0.15, 0.2) is 11.6 Å². The number of Topliss-reactive ketones (excluding diaryl/α,β-unsaturated/α-hetero) is 1. The predicted molar refractivity (Wildman–Crippen MR) is 94.0 cm³/mol. The van der Waals surface area contributed by atoms with E-state index in [0.29, 0.717) is 24.7 Å². The first-order valence-electron chi connectivity index (χ1n) is 9.55. The summed E-state index contributed by atoms with van der Waals surface area (Å²) in [6.07, 6.45) is 19.1. The van der Waals surface area contributed by atoms with Crippen molar-refractivity contribution in [1.29, 1.82) is 0 Å². The molecule has 1 N–H and O–H groups in total. The fourth-order valence-corrected chi connectivity index (χ4v) is 3.38. The molecule has 0 fully saturated rings. The highest BCUT2D eigenvalue weighted by molar-refractivity contribution is 5.81. The van der Waals surface area contributed by atoms with Crippen LogP contribution in [0.1, 0.15) is 96.8 Å². The molecule has 0 aromatic carbocycles. The van der Waals surface area contributed by atoms with Crippen LogP contribution in [0.5, 0.6) is 0 Å². The molecular weight excluding hydrogens is 272 g/mol. The molecule has 0 amide bonds. The summed E-state index contributed by atoms with van der Waals surface area (Å²) in [4.78, 5) is 11.3. The van der Waals surface area contributed by atoms with Gasteiger partial charge in [0.1, 0.15) is 5.78 Å². The molecule has 1 aliphatic rings. The second-order valence-electron chi connectivity index (χ2n) is 6.99. The van der Waals surface area contributed by atoms with E-state index in [9.17, 15) is 4.79 Å². The largest absolute Gasteiger partial charge is 0.396 e. The molecule has 0 saturated heterocycles. The van der Waals surface area contributed by atoms with Gasteiger partial charge in [0.2, 0.25) is 0 Å². The van der Waals surface area contributed by atoms with Crippen LogP contribution < -0.4 is 0 Å². The Morgan fingerprint density at radius 1 is 0.909 bits per heavy atom. The van der Waals surface area contributed by atoms with E-state index in [0.717, 1.165) is 12.8 Å². The number of unbranched alkanes of at least 4 members (excludes halogenated alkanes) is 10. The fourth-order valence-electron chi connectivity index (χ4n) is 3.38. The number of hydrogen-bond donors (Lipinski definition) is 1. The highest BCUT2D eigenvalue weighted by Crippen LogP contribution is 2.26. The van der Waals surface area contributed by atoms with Crippen LogP contribution in [-0.4, -0.2) is 17.5 Å². The first-order valence-corrected chi connectivity index (χ1v) is 9.55. The van der Waals surface area contributed by atoms with Crippen molar-refractivity contribution in [3.05, 3.63) is 11.6 Å². The lowest BCUT2D eigenvalue weighted by molar-refractivity contribution is -0.119. The number of rotatable bonds is 13. The van der Waals surface area contributed by atoms with Crippen molar-refractivity contribution in [1.82, 2.24) is 0 Å². The molecule has 128 valence electrons. The molecule has 0 aliphatic heterocycles. The minimum atomic E-state index is 0.353. The Balaban J connectivity index is 1.85. The van der Waals surface area contributed by atoms with Gasteiger partial charge in [0.15, 0.2) is 0 Å². The van der Waals surface area contributed by atoms with E-state index in [1.54, 1.807) is 0 Å². The first kappa shape index (κ1) is 19.4. The molecule has 0 bridgehead atoms. The maximum Gasteiger partial charge on any atom is 0.137 e. The van der Waals surface area contributed by atoms with Crippen molar-refractivity contribution in [2.24, 2.45) is 5.92 Å². The van der Waals surface area contributed by atoms with Crippen LogP contribution in [0.4, 0.5) is 0 Å². The molecule has 0 heterocycles. The summed E-state index contributed by atoms with van der Waals surface area (Å²) >= 11 is 0. The van der Waals surface area contributed by atoms with E-state index >= 15 is 0 Å². The van der Waals surface area contributed by atoms with Crippen molar-refractivity contribution < 1.29 is 9.90 Å². The van der Waals surface area contributed by atoms with Crippen molar-refractivity contribution in [3.63, 3.8) is 0 Å². The van der Waals surface area contributed by atoms with Gasteiger partial charge in [-0.2, -0.15) is 0 Å². The van der Waals surface area contributed by atoms with Gasteiger partial charge in [-0.05, 0) is 25.2 Å². The summed E-state index contributed by atoms with van der Waals surface area (Å²) in [6.45, 7) is 2.55. The number of allylic oxidation sites excluding steroid dienone is 2. The topological polar surface area (TPSA) is 37.3 Å². The molecule has 0 radical (unpaired) electrons. The standard InChI is InChI=1S/C20H36O2/c1-18-17-20(22)15-14-19(18)13-11-9-7-5-3-2-4-6-8-10-12-16-21/h14,18,21H,2-13,15-17H2,1H3. The summed E-state index contributed by atoms with van der Waals surface area (Å²) in [7, 11) is 0. The number of hydrogen-bond acceptors (Lipinski definition) is 2. The van der Waals surface area contributed by atoms with E-state index < -0.39 is 0 Å². The maximum atomic E-state index is 11.3. The van der Waals surface area contributed by atoms with Gasteiger partial charge in [-0.25, -0.2) is 0 Å². The summed E-state index contributed by atoms with van der Waals surface area (Å²) < 4.78 is 0. The van der Waals surface area contributed by atoms with Crippen molar-refractivity contribution in [2.45, 2.75) is 96.8 Å². The number of aliphatic hydroxyl groups excluding tert-OH is 1. The summed E-state index contributed by atoms with van der Waals surface area (Å²) in [5.74, 6) is 0.902. The quantitative estimate of drug-likeness (QED) is 0.356. The van der Waals surface area contributed by atoms with Gasteiger partial charge in [0.25, 0.3) is 0 Å². The Labute approximate surface area is 137 Å². The van der Waals surface area contributed by atoms with E-state index in [1.807, 2.05) is 0 Å². The Hall–Kier alpha value is -0.630. The summed E-state index contributed by atoms with van der Waals surface area (Å²) in [6, 6.07) is 0. The minimum absolute atomic E-state index is 0.353. The van der Waals surface area contributed by atoms with Gasteiger partial charge in [-0.3, -0.25) is 4.79 Å². The number of carbonyl (C=O) groups is 1. The van der Waals surface area contributed by atoms with Gasteiger partial charge in [-0.15, -0.1) is 0 Å². The van der Waals surface area contributed by atoms with Gasteiger partial charge in [-0.1, -0.05) is 76.4 Å². The Morgan fingerprint density at radius 2 is 1.41 bits per heavy atom. The normalized spacial score (nSPS) is 18.5. The Bertz CT molecular complexity index is 320.